The van der Waals surface area contributed by atoms with E-state index in [0.717, 1.165) is 42.7 Å². The van der Waals surface area contributed by atoms with Gasteiger partial charge in [0, 0.05) is 25.6 Å². The fourth-order valence-corrected chi connectivity index (χ4v) is 3.64. The van der Waals surface area contributed by atoms with Crippen LogP contribution in [0.1, 0.15) is 38.6 Å². The van der Waals surface area contributed by atoms with Gasteiger partial charge in [-0.3, -0.25) is 4.68 Å². The van der Waals surface area contributed by atoms with Crippen molar-refractivity contribution in [3.63, 3.8) is 0 Å². The molecule has 1 aliphatic heterocycles. The first-order valence-electron chi connectivity index (χ1n) is 7.86. The number of ether oxygens (including phenoxy) is 1. The number of hydrogen-bond acceptors (Lipinski definition) is 3. The first-order chi connectivity index (χ1) is 9.85. The van der Waals surface area contributed by atoms with Crippen LogP contribution in [0.3, 0.4) is 0 Å². The van der Waals surface area contributed by atoms with Gasteiger partial charge < -0.3 is 10.1 Å². The molecule has 1 aromatic rings. The Morgan fingerprint density at radius 3 is 2.71 bits per heavy atom. The van der Waals surface area contributed by atoms with Crippen molar-refractivity contribution >= 4 is 15.9 Å². The zero-order valence-corrected chi connectivity index (χ0v) is 15.5. The molecule has 0 radical (unpaired) electrons. The second-order valence-electron chi connectivity index (χ2n) is 6.80. The molecule has 0 saturated carbocycles. The molecular formula is C16H28BrN3O. The van der Waals surface area contributed by atoms with Gasteiger partial charge in [0.1, 0.15) is 0 Å². The fraction of sp³-hybridized carbons (Fsp3) is 0.812. The molecule has 1 fully saturated rings. The molecule has 1 saturated heterocycles. The maximum Gasteiger partial charge on any atom is 0.0738 e. The average molecular weight is 358 g/mol. The van der Waals surface area contributed by atoms with Gasteiger partial charge in [0.15, 0.2) is 0 Å². The lowest BCUT2D eigenvalue weighted by Crippen LogP contribution is -2.42. The highest BCUT2D eigenvalue weighted by atomic mass is 79.9. The van der Waals surface area contributed by atoms with E-state index in [-0.39, 0.29) is 11.5 Å². The molecular weight excluding hydrogens is 330 g/mol. The first-order valence-corrected chi connectivity index (χ1v) is 8.65. The van der Waals surface area contributed by atoms with Crippen LogP contribution in [0.15, 0.2) is 4.47 Å². The van der Waals surface area contributed by atoms with Crippen molar-refractivity contribution in [3.8, 4) is 0 Å². The van der Waals surface area contributed by atoms with Crippen molar-refractivity contribution in [1.29, 1.82) is 0 Å². The van der Waals surface area contributed by atoms with Crippen LogP contribution in [0.4, 0.5) is 0 Å². The summed E-state index contributed by atoms with van der Waals surface area (Å²) in [6, 6.07) is 0. The lowest BCUT2D eigenvalue weighted by Gasteiger charge is -2.33. The van der Waals surface area contributed by atoms with Gasteiger partial charge in [0.2, 0.25) is 0 Å². The molecule has 0 aliphatic carbocycles. The second kappa shape index (κ2) is 6.80. The maximum absolute atomic E-state index is 5.90. The minimum atomic E-state index is 0.164. The summed E-state index contributed by atoms with van der Waals surface area (Å²) in [5.74, 6) is 0.672. The topological polar surface area (TPSA) is 39.1 Å². The van der Waals surface area contributed by atoms with Crippen molar-refractivity contribution in [2.45, 2.75) is 46.6 Å². The van der Waals surface area contributed by atoms with Crippen molar-refractivity contribution < 1.29 is 4.74 Å². The molecule has 1 aliphatic rings. The summed E-state index contributed by atoms with van der Waals surface area (Å²) in [4.78, 5) is 0. The zero-order chi connectivity index (χ0) is 15.6. The minimum Gasteiger partial charge on any atom is -0.378 e. The summed E-state index contributed by atoms with van der Waals surface area (Å²) < 4.78 is 9.05. The SMILES string of the molecule is Cc1nn(C)c(CC2(CNCC(C)C)CCOC2C)c1Br. The van der Waals surface area contributed by atoms with Crippen LogP contribution in [-0.2, 0) is 18.2 Å². The van der Waals surface area contributed by atoms with E-state index in [1.54, 1.807) is 0 Å². The molecule has 2 unspecified atom stereocenters. The van der Waals surface area contributed by atoms with Crippen molar-refractivity contribution in [2.75, 3.05) is 19.7 Å². The highest BCUT2D eigenvalue weighted by molar-refractivity contribution is 9.10. The Morgan fingerprint density at radius 2 is 2.24 bits per heavy atom. The number of aromatic nitrogens is 2. The molecule has 2 heterocycles. The molecule has 0 amide bonds. The summed E-state index contributed by atoms with van der Waals surface area (Å²) in [6.07, 6.45) is 2.38. The minimum absolute atomic E-state index is 0.164. The van der Waals surface area contributed by atoms with E-state index in [4.69, 9.17) is 4.74 Å². The van der Waals surface area contributed by atoms with Gasteiger partial charge >= 0.3 is 0 Å². The number of rotatable bonds is 6. The van der Waals surface area contributed by atoms with E-state index in [9.17, 15) is 0 Å². The molecule has 2 rings (SSSR count). The van der Waals surface area contributed by atoms with E-state index in [1.165, 1.54) is 5.69 Å². The second-order valence-corrected chi connectivity index (χ2v) is 7.59. The number of nitrogens with zero attached hydrogens (tertiary/aromatic N) is 2. The van der Waals surface area contributed by atoms with E-state index < -0.39 is 0 Å². The van der Waals surface area contributed by atoms with Gasteiger partial charge in [-0.05, 0) is 55.1 Å². The smallest absolute Gasteiger partial charge is 0.0738 e. The van der Waals surface area contributed by atoms with Gasteiger partial charge in [-0.25, -0.2) is 0 Å². The van der Waals surface area contributed by atoms with Gasteiger partial charge in [0.25, 0.3) is 0 Å². The molecule has 1 aromatic heterocycles. The van der Waals surface area contributed by atoms with E-state index in [0.29, 0.717) is 5.92 Å². The van der Waals surface area contributed by atoms with E-state index in [1.807, 2.05) is 18.7 Å². The van der Waals surface area contributed by atoms with Crippen molar-refractivity contribution in [3.05, 3.63) is 15.9 Å². The average Bonchev–Trinajstić information content (AvgIpc) is 2.86. The third-order valence-electron chi connectivity index (χ3n) is 4.64. The summed E-state index contributed by atoms with van der Waals surface area (Å²) in [7, 11) is 2.03. The molecule has 4 nitrogen and oxygen atoms in total. The van der Waals surface area contributed by atoms with Crippen LogP contribution in [-0.4, -0.2) is 35.6 Å². The Hall–Kier alpha value is -0.390. The Kier molecular flexibility index (Phi) is 5.49. The molecule has 0 bridgehead atoms. The predicted molar refractivity (Wildman–Crippen MR) is 89.5 cm³/mol. The Balaban J connectivity index is 2.16. The molecule has 0 aromatic carbocycles. The molecule has 0 spiro atoms. The van der Waals surface area contributed by atoms with E-state index >= 15 is 0 Å². The fourth-order valence-electron chi connectivity index (χ4n) is 3.16. The first kappa shape index (κ1) is 17.0. The van der Waals surface area contributed by atoms with Gasteiger partial charge in [-0.1, -0.05) is 13.8 Å². The number of nitrogens with one attached hydrogen (secondary N) is 1. The van der Waals surface area contributed by atoms with E-state index in [2.05, 4.69) is 47.1 Å². The summed E-state index contributed by atoms with van der Waals surface area (Å²) in [5, 5.41) is 8.16. The Morgan fingerprint density at radius 1 is 1.52 bits per heavy atom. The number of hydrogen-bond donors (Lipinski definition) is 1. The number of halogens is 1. The maximum atomic E-state index is 5.90. The van der Waals surface area contributed by atoms with Crippen LogP contribution in [0, 0.1) is 18.3 Å². The zero-order valence-electron chi connectivity index (χ0n) is 13.9. The highest BCUT2D eigenvalue weighted by Gasteiger charge is 2.42. The molecule has 5 heteroatoms. The van der Waals surface area contributed by atoms with Crippen LogP contribution >= 0.6 is 15.9 Å². The molecule has 120 valence electrons. The van der Waals surface area contributed by atoms with Crippen LogP contribution in [0.25, 0.3) is 0 Å². The third-order valence-corrected chi connectivity index (χ3v) is 5.67. The van der Waals surface area contributed by atoms with Crippen LogP contribution < -0.4 is 5.32 Å². The van der Waals surface area contributed by atoms with Crippen molar-refractivity contribution in [2.24, 2.45) is 18.4 Å². The largest absolute Gasteiger partial charge is 0.378 e. The van der Waals surface area contributed by atoms with Crippen LogP contribution in [0.5, 0.6) is 0 Å². The van der Waals surface area contributed by atoms with Gasteiger partial charge in [-0.2, -0.15) is 5.10 Å². The summed E-state index contributed by atoms with van der Waals surface area (Å²) in [5.41, 5.74) is 2.50. The van der Waals surface area contributed by atoms with Crippen molar-refractivity contribution in [1.82, 2.24) is 15.1 Å². The summed E-state index contributed by atoms with van der Waals surface area (Å²) in [6.45, 7) is 11.7. The lowest BCUT2D eigenvalue weighted by molar-refractivity contribution is 0.0617. The molecule has 1 N–H and O–H groups in total. The summed E-state index contributed by atoms with van der Waals surface area (Å²) >= 11 is 3.70. The Bertz CT molecular complexity index is 486. The quantitative estimate of drug-likeness (QED) is 0.850. The predicted octanol–water partition coefficient (Wildman–Crippen LogP) is 3.07. The normalized spacial score (nSPS) is 26.0. The lowest BCUT2D eigenvalue weighted by atomic mass is 9.77. The molecule has 21 heavy (non-hydrogen) atoms. The number of aryl methyl sites for hydroxylation is 2. The van der Waals surface area contributed by atoms with Gasteiger partial charge in [0.05, 0.1) is 22.0 Å². The third kappa shape index (κ3) is 3.69. The Labute approximate surface area is 136 Å². The van der Waals surface area contributed by atoms with Gasteiger partial charge in [-0.15, -0.1) is 0 Å². The monoisotopic (exact) mass is 357 g/mol. The standard InChI is InChI=1S/C16H28BrN3O/c1-11(2)9-18-10-16(6-7-21-13(16)4)8-14-15(17)12(3)19-20(14)5/h11,13,18H,6-10H2,1-5H3. The highest BCUT2D eigenvalue weighted by Crippen LogP contribution is 2.39. The van der Waals surface area contributed by atoms with Crippen LogP contribution in [0.2, 0.25) is 0 Å². The molecule has 2 atom stereocenters.